The summed E-state index contributed by atoms with van der Waals surface area (Å²) in [6.07, 6.45) is -2.43. The van der Waals surface area contributed by atoms with Gasteiger partial charge >= 0.3 is 6.09 Å². The van der Waals surface area contributed by atoms with Crippen molar-refractivity contribution >= 4 is 35.2 Å². The molecule has 256 valence electrons. The number of aliphatic imine (C=N–C) groups is 1. The van der Waals surface area contributed by atoms with Crippen molar-refractivity contribution in [2.75, 3.05) is 25.0 Å². The molecule has 12 heteroatoms. The van der Waals surface area contributed by atoms with Gasteiger partial charge in [-0.1, -0.05) is 78.9 Å². The maximum absolute atomic E-state index is 14.3. The van der Waals surface area contributed by atoms with Crippen molar-refractivity contribution in [1.82, 2.24) is 15.5 Å². The smallest absolute Gasteiger partial charge is 0.410 e. The Balaban J connectivity index is 1.26. The molecule has 0 bridgehead atoms. The molecule has 4 aromatic rings. The zero-order chi connectivity index (χ0) is 35.3. The summed E-state index contributed by atoms with van der Waals surface area (Å²) in [6.45, 7) is 0.140. The molecule has 0 aliphatic carbocycles. The van der Waals surface area contributed by atoms with E-state index in [4.69, 9.17) is 9.73 Å². The first kappa shape index (κ1) is 34.0. The number of carbonyl (C=O) groups excluding carboxylic acids is 4. The van der Waals surface area contributed by atoms with E-state index in [2.05, 4.69) is 10.6 Å². The normalized spacial score (nSPS) is 16.8. The Morgan fingerprint density at radius 2 is 1.48 bits per heavy atom. The number of benzodiazepines with no additional fused rings is 1. The molecule has 2 N–H and O–H groups in total. The second-order valence-electron chi connectivity index (χ2n) is 12.2. The quantitative estimate of drug-likeness (QED) is 0.279. The molecular formula is C38H35F2N5O5. The first-order valence-electron chi connectivity index (χ1n) is 16.1. The molecule has 50 heavy (non-hydrogen) atoms. The second kappa shape index (κ2) is 14.7. The number of carbonyl (C=O) groups is 4. The van der Waals surface area contributed by atoms with Crippen LogP contribution in [0.4, 0.5) is 19.3 Å². The average Bonchev–Trinajstić information content (AvgIpc) is 3.21. The minimum Gasteiger partial charge on any atom is -0.445 e. The number of hydrogen-bond acceptors (Lipinski definition) is 6. The molecule has 0 radical (unpaired) electrons. The van der Waals surface area contributed by atoms with Gasteiger partial charge in [-0.25, -0.2) is 18.6 Å². The fourth-order valence-corrected chi connectivity index (χ4v) is 6.20. The number of fused-ring (bicyclic) bond motifs is 1. The third kappa shape index (κ3) is 7.54. The number of benzene rings is 4. The molecule has 1 atom stereocenters. The molecule has 1 fully saturated rings. The van der Waals surface area contributed by atoms with Crippen LogP contribution in [0.25, 0.3) is 0 Å². The number of halogens is 2. The standard InChI is InChI=1S/C38H35F2N5O5/c1-44-31-15-9-8-14-30(31)33(27-12-6-3-7-13-27)41-34(35(44)47)42-36(48)38(43-32(46)22-26-20-28(39)23-29(40)21-26)16-18-45(19-17-38)37(49)50-24-25-10-4-2-5-11-25/h2-15,20-21,23,34H,16-19,22,24H2,1H3,(H,42,48)(H,43,46)/t34-/m1/s1. The van der Waals surface area contributed by atoms with Gasteiger partial charge in [0, 0.05) is 37.3 Å². The lowest BCUT2D eigenvalue weighted by Gasteiger charge is -2.41. The van der Waals surface area contributed by atoms with Crippen molar-refractivity contribution in [1.29, 1.82) is 0 Å². The highest BCUT2D eigenvalue weighted by Crippen LogP contribution is 2.29. The van der Waals surface area contributed by atoms with Crippen molar-refractivity contribution in [2.24, 2.45) is 4.99 Å². The first-order valence-corrected chi connectivity index (χ1v) is 16.1. The molecule has 4 amide bonds. The van der Waals surface area contributed by atoms with Crippen molar-refractivity contribution in [3.63, 3.8) is 0 Å². The van der Waals surface area contributed by atoms with Gasteiger partial charge in [0.05, 0.1) is 17.8 Å². The molecule has 6 rings (SSSR count). The topological polar surface area (TPSA) is 120 Å². The molecule has 2 heterocycles. The van der Waals surface area contributed by atoms with Crippen LogP contribution < -0.4 is 15.5 Å². The second-order valence-corrected chi connectivity index (χ2v) is 12.2. The molecule has 0 spiro atoms. The SMILES string of the molecule is CN1C(=O)[C@@H](NC(=O)C2(NC(=O)Cc3cc(F)cc(F)c3)CCN(C(=O)OCc3ccccc3)CC2)N=C(c2ccccc2)c2ccccc21. The Morgan fingerprint density at radius 3 is 2.16 bits per heavy atom. The lowest BCUT2D eigenvalue weighted by Crippen LogP contribution is -2.65. The van der Waals surface area contributed by atoms with Crippen LogP contribution in [0.5, 0.6) is 0 Å². The molecule has 1 saturated heterocycles. The summed E-state index contributed by atoms with van der Waals surface area (Å²) in [5.41, 5.74) is 1.81. The maximum atomic E-state index is 14.3. The predicted molar refractivity (Wildman–Crippen MR) is 182 cm³/mol. The number of rotatable bonds is 8. The van der Waals surface area contributed by atoms with Crippen molar-refractivity contribution < 1.29 is 32.7 Å². The number of nitrogens with one attached hydrogen (secondary N) is 2. The molecule has 0 unspecified atom stereocenters. The summed E-state index contributed by atoms with van der Waals surface area (Å²) in [5, 5.41) is 5.56. The largest absolute Gasteiger partial charge is 0.445 e. The van der Waals surface area contributed by atoms with Gasteiger partial charge in [0.2, 0.25) is 18.0 Å². The van der Waals surface area contributed by atoms with E-state index in [-0.39, 0.29) is 38.1 Å². The zero-order valence-electron chi connectivity index (χ0n) is 27.3. The van der Waals surface area contributed by atoms with E-state index in [9.17, 15) is 28.0 Å². The van der Waals surface area contributed by atoms with Gasteiger partial charge in [0.1, 0.15) is 23.8 Å². The van der Waals surface area contributed by atoms with Gasteiger partial charge in [-0.3, -0.25) is 14.4 Å². The van der Waals surface area contributed by atoms with Crippen LogP contribution in [0.15, 0.2) is 108 Å². The van der Waals surface area contributed by atoms with Gasteiger partial charge in [0.15, 0.2) is 0 Å². The number of para-hydroxylation sites is 1. The number of nitrogens with zero attached hydrogens (tertiary/aromatic N) is 3. The van der Waals surface area contributed by atoms with E-state index in [1.807, 2.05) is 72.8 Å². The zero-order valence-corrected chi connectivity index (χ0v) is 27.3. The lowest BCUT2D eigenvalue weighted by molar-refractivity contribution is -0.137. The molecule has 10 nitrogen and oxygen atoms in total. The van der Waals surface area contributed by atoms with Crippen molar-refractivity contribution in [2.45, 2.75) is 37.6 Å². The molecule has 2 aliphatic rings. The number of anilines is 1. The summed E-state index contributed by atoms with van der Waals surface area (Å²) in [6, 6.07) is 28.5. The van der Waals surface area contributed by atoms with Crippen LogP contribution >= 0.6 is 0 Å². The monoisotopic (exact) mass is 679 g/mol. The Hall–Kier alpha value is -5.91. The number of likely N-dealkylation sites (tertiary alicyclic amines) is 1. The van der Waals surface area contributed by atoms with Crippen LogP contribution in [0.3, 0.4) is 0 Å². The predicted octanol–water partition coefficient (Wildman–Crippen LogP) is 4.75. The summed E-state index contributed by atoms with van der Waals surface area (Å²) in [5.74, 6) is -3.55. The summed E-state index contributed by atoms with van der Waals surface area (Å²) < 4.78 is 33.3. The molecule has 2 aliphatic heterocycles. The molecular weight excluding hydrogens is 644 g/mol. The van der Waals surface area contributed by atoms with Gasteiger partial charge in [-0.15, -0.1) is 0 Å². The summed E-state index contributed by atoms with van der Waals surface area (Å²) >= 11 is 0. The number of ether oxygens (including phenoxy) is 1. The van der Waals surface area contributed by atoms with Gasteiger partial charge in [0.25, 0.3) is 5.91 Å². The molecule has 0 saturated carbocycles. The Morgan fingerprint density at radius 1 is 0.860 bits per heavy atom. The highest BCUT2D eigenvalue weighted by Gasteiger charge is 2.45. The summed E-state index contributed by atoms with van der Waals surface area (Å²) in [4.78, 5) is 62.2. The Bertz CT molecular complexity index is 1910. The van der Waals surface area contributed by atoms with Crippen molar-refractivity contribution in [3.8, 4) is 0 Å². The minimum atomic E-state index is -1.60. The highest BCUT2D eigenvalue weighted by atomic mass is 19.1. The Labute approximate surface area is 287 Å². The van der Waals surface area contributed by atoms with E-state index >= 15 is 0 Å². The number of amides is 4. The summed E-state index contributed by atoms with van der Waals surface area (Å²) in [7, 11) is 1.60. The van der Waals surface area contributed by atoms with Crippen LogP contribution in [-0.4, -0.2) is 66.3 Å². The van der Waals surface area contributed by atoms with E-state index < -0.39 is 53.6 Å². The third-order valence-electron chi connectivity index (χ3n) is 8.84. The van der Waals surface area contributed by atoms with Gasteiger partial charge in [-0.2, -0.15) is 0 Å². The van der Waals surface area contributed by atoms with Crippen LogP contribution in [0.1, 0.15) is 35.1 Å². The lowest BCUT2D eigenvalue weighted by atomic mass is 9.86. The fraction of sp³-hybridized carbons (Fsp3) is 0.237. The fourth-order valence-electron chi connectivity index (χ4n) is 6.20. The van der Waals surface area contributed by atoms with E-state index in [1.165, 1.54) is 9.80 Å². The van der Waals surface area contributed by atoms with Crippen molar-refractivity contribution in [3.05, 3.63) is 137 Å². The van der Waals surface area contributed by atoms with Crippen LogP contribution in [0.2, 0.25) is 0 Å². The number of likely N-dealkylation sites (N-methyl/N-ethyl adjacent to an activating group) is 1. The maximum Gasteiger partial charge on any atom is 0.410 e. The minimum absolute atomic E-state index is 0.0330. The molecule has 0 aromatic heterocycles. The number of hydrogen-bond donors (Lipinski definition) is 2. The highest BCUT2D eigenvalue weighted by molar-refractivity contribution is 6.20. The van der Waals surface area contributed by atoms with Crippen LogP contribution in [0, 0.1) is 11.6 Å². The third-order valence-corrected chi connectivity index (χ3v) is 8.84. The van der Waals surface area contributed by atoms with Crippen LogP contribution in [-0.2, 0) is 32.1 Å². The number of piperidine rings is 1. The van der Waals surface area contributed by atoms with E-state index in [1.54, 1.807) is 19.2 Å². The van der Waals surface area contributed by atoms with E-state index in [0.717, 1.165) is 23.3 Å². The van der Waals surface area contributed by atoms with Gasteiger partial charge < -0.3 is 25.2 Å². The Kier molecular flexibility index (Phi) is 9.98. The average molecular weight is 680 g/mol. The first-order chi connectivity index (χ1) is 24.1. The van der Waals surface area contributed by atoms with E-state index in [0.29, 0.717) is 23.0 Å². The van der Waals surface area contributed by atoms with Gasteiger partial charge in [-0.05, 0) is 42.2 Å². The molecule has 4 aromatic carbocycles.